The van der Waals surface area contributed by atoms with Crippen molar-refractivity contribution in [3.63, 3.8) is 0 Å². The van der Waals surface area contributed by atoms with Gasteiger partial charge < -0.3 is 10.4 Å². The molecule has 6 heteroatoms. The van der Waals surface area contributed by atoms with Crippen molar-refractivity contribution in [2.75, 3.05) is 6.54 Å². The fourth-order valence-electron chi connectivity index (χ4n) is 3.48. The third-order valence-corrected chi connectivity index (χ3v) is 4.84. The molecule has 0 spiro atoms. The second-order valence-electron chi connectivity index (χ2n) is 6.79. The Bertz CT molecular complexity index is 811. The van der Waals surface area contributed by atoms with Gasteiger partial charge in [0, 0.05) is 24.2 Å². The zero-order valence-electron chi connectivity index (χ0n) is 15.1. The van der Waals surface area contributed by atoms with Gasteiger partial charge in [-0.15, -0.1) is 0 Å². The summed E-state index contributed by atoms with van der Waals surface area (Å²) in [6.07, 6.45) is 5.28. The number of carboxylic acid groups (broad SMARTS) is 1. The highest BCUT2D eigenvalue weighted by Gasteiger charge is 2.27. The van der Waals surface area contributed by atoms with E-state index in [0.29, 0.717) is 18.7 Å². The Labute approximate surface area is 153 Å². The standard InChI is InChI=1S/C20H25N3O3/c1-14-8-4-5-10-16(14)23-17-11-7-9-15(17)19(22-23)20(26)21-13-6-2-3-12-18(24)25/h4-5,8,10H,2-3,6-7,9,11-13H2,1H3,(H,21,26)(H,24,25). The van der Waals surface area contributed by atoms with Gasteiger partial charge in [-0.25, -0.2) is 4.68 Å². The van der Waals surface area contributed by atoms with Gasteiger partial charge in [-0.1, -0.05) is 24.6 Å². The van der Waals surface area contributed by atoms with Crippen molar-refractivity contribution in [1.82, 2.24) is 15.1 Å². The summed E-state index contributed by atoms with van der Waals surface area (Å²) in [5.74, 6) is -0.903. The van der Waals surface area contributed by atoms with Crippen LogP contribution in [0.25, 0.3) is 5.69 Å². The van der Waals surface area contributed by atoms with Crippen molar-refractivity contribution >= 4 is 11.9 Å². The lowest BCUT2D eigenvalue weighted by Crippen LogP contribution is -2.26. The number of carboxylic acids is 1. The molecular formula is C20H25N3O3. The number of amides is 1. The van der Waals surface area contributed by atoms with Gasteiger partial charge in [0.25, 0.3) is 5.91 Å². The molecule has 0 fully saturated rings. The van der Waals surface area contributed by atoms with E-state index in [9.17, 15) is 9.59 Å². The molecule has 1 aromatic carbocycles. The number of hydrogen-bond donors (Lipinski definition) is 2. The van der Waals surface area contributed by atoms with Gasteiger partial charge in [0.1, 0.15) is 0 Å². The quantitative estimate of drug-likeness (QED) is 0.713. The molecule has 1 amide bonds. The first-order valence-corrected chi connectivity index (χ1v) is 9.24. The van der Waals surface area contributed by atoms with Crippen LogP contribution in [-0.2, 0) is 17.6 Å². The lowest BCUT2D eigenvalue weighted by Gasteiger charge is -2.08. The molecule has 0 saturated carbocycles. The fraction of sp³-hybridized carbons (Fsp3) is 0.450. The molecule has 0 radical (unpaired) electrons. The predicted molar refractivity (Wildman–Crippen MR) is 98.8 cm³/mol. The maximum absolute atomic E-state index is 12.6. The number of hydrogen-bond acceptors (Lipinski definition) is 3. The highest BCUT2D eigenvalue weighted by molar-refractivity contribution is 5.94. The van der Waals surface area contributed by atoms with Crippen LogP contribution in [0.5, 0.6) is 0 Å². The van der Waals surface area contributed by atoms with E-state index in [-0.39, 0.29) is 12.3 Å². The van der Waals surface area contributed by atoms with Crippen molar-refractivity contribution in [3.8, 4) is 5.69 Å². The van der Waals surface area contributed by atoms with Gasteiger partial charge in [0.2, 0.25) is 0 Å². The number of aliphatic carboxylic acids is 1. The highest BCUT2D eigenvalue weighted by Crippen LogP contribution is 2.28. The van der Waals surface area contributed by atoms with Crippen LogP contribution in [0, 0.1) is 6.92 Å². The first-order valence-electron chi connectivity index (χ1n) is 9.24. The lowest BCUT2D eigenvalue weighted by atomic mass is 10.1. The number of aryl methyl sites for hydroxylation is 1. The van der Waals surface area contributed by atoms with Gasteiger partial charge in [-0.3, -0.25) is 9.59 Å². The van der Waals surface area contributed by atoms with E-state index >= 15 is 0 Å². The summed E-state index contributed by atoms with van der Waals surface area (Å²) in [4.78, 5) is 23.1. The van der Waals surface area contributed by atoms with Crippen molar-refractivity contribution in [2.24, 2.45) is 0 Å². The number of para-hydroxylation sites is 1. The summed E-state index contributed by atoms with van der Waals surface area (Å²) in [6, 6.07) is 8.07. The van der Waals surface area contributed by atoms with E-state index < -0.39 is 5.97 Å². The SMILES string of the molecule is Cc1ccccc1-n1nc(C(=O)NCCCCCC(=O)O)c2c1CCC2. The number of fused-ring (bicyclic) bond motifs is 1. The van der Waals surface area contributed by atoms with Crippen LogP contribution < -0.4 is 5.32 Å². The van der Waals surface area contributed by atoms with E-state index in [1.54, 1.807) is 0 Å². The predicted octanol–water partition coefficient (Wildman–Crippen LogP) is 3.04. The summed E-state index contributed by atoms with van der Waals surface area (Å²) in [7, 11) is 0. The Morgan fingerprint density at radius 3 is 2.77 bits per heavy atom. The number of benzene rings is 1. The Balaban J connectivity index is 1.67. The van der Waals surface area contributed by atoms with E-state index in [4.69, 9.17) is 5.11 Å². The van der Waals surface area contributed by atoms with Gasteiger partial charge in [-0.05, 0) is 50.7 Å². The number of nitrogens with one attached hydrogen (secondary N) is 1. The second-order valence-corrected chi connectivity index (χ2v) is 6.79. The van der Waals surface area contributed by atoms with Gasteiger partial charge in [0.15, 0.2) is 5.69 Å². The third-order valence-electron chi connectivity index (χ3n) is 4.84. The molecule has 2 aromatic rings. The molecule has 0 bridgehead atoms. The molecule has 0 atom stereocenters. The Morgan fingerprint density at radius 1 is 1.19 bits per heavy atom. The lowest BCUT2D eigenvalue weighted by molar-refractivity contribution is -0.137. The molecule has 0 saturated heterocycles. The molecule has 0 unspecified atom stereocenters. The normalized spacial score (nSPS) is 12.8. The van der Waals surface area contributed by atoms with E-state index in [0.717, 1.165) is 54.6 Å². The monoisotopic (exact) mass is 355 g/mol. The van der Waals surface area contributed by atoms with E-state index in [1.807, 2.05) is 22.9 Å². The van der Waals surface area contributed by atoms with Crippen molar-refractivity contribution < 1.29 is 14.7 Å². The third kappa shape index (κ3) is 3.95. The average molecular weight is 355 g/mol. The van der Waals surface area contributed by atoms with Crippen LogP contribution in [0.1, 0.15) is 59.4 Å². The Morgan fingerprint density at radius 2 is 2.00 bits per heavy atom. The summed E-state index contributed by atoms with van der Waals surface area (Å²) in [5, 5.41) is 16.2. The van der Waals surface area contributed by atoms with Crippen LogP contribution >= 0.6 is 0 Å². The molecule has 2 N–H and O–H groups in total. The summed E-state index contributed by atoms with van der Waals surface area (Å²) >= 11 is 0. The molecule has 1 aliphatic carbocycles. The molecule has 1 aromatic heterocycles. The minimum absolute atomic E-state index is 0.131. The van der Waals surface area contributed by atoms with Crippen molar-refractivity contribution in [3.05, 3.63) is 46.8 Å². The molecule has 138 valence electrons. The van der Waals surface area contributed by atoms with Crippen LogP contribution in [-0.4, -0.2) is 33.3 Å². The number of carbonyl (C=O) groups is 2. The molecular weight excluding hydrogens is 330 g/mol. The van der Waals surface area contributed by atoms with E-state index in [1.165, 1.54) is 0 Å². The smallest absolute Gasteiger partial charge is 0.303 e. The van der Waals surface area contributed by atoms with Crippen molar-refractivity contribution in [1.29, 1.82) is 0 Å². The minimum Gasteiger partial charge on any atom is -0.481 e. The first-order chi connectivity index (χ1) is 12.6. The fourth-order valence-corrected chi connectivity index (χ4v) is 3.48. The minimum atomic E-state index is -0.772. The molecule has 3 rings (SSSR count). The summed E-state index contributed by atoms with van der Waals surface area (Å²) < 4.78 is 1.93. The van der Waals surface area contributed by atoms with Gasteiger partial charge >= 0.3 is 5.97 Å². The van der Waals surface area contributed by atoms with Gasteiger partial charge in [-0.2, -0.15) is 5.10 Å². The van der Waals surface area contributed by atoms with Crippen LogP contribution in [0.4, 0.5) is 0 Å². The molecule has 6 nitrogen and oxygen atoms in total. The van der Waals surface area contributed by atoms with E-state index in [2.05, 4.69) is 23.4 Å². The first kappa shape index (κ1) is 18.2. The number of rotatable bonds is 8. The highest BCUT2D eigenvalue weighted by atomic mass is 16.4. The largest absolute Gasteiger partial charge is 0.481 e. The molecule has 1 heterocycles. The maximum atomic E-state index is 12.6. The molecule has 1 aliphatic rings. The number of aromatic nitrogens is 2. The second kappa shape index (κ2) is 8.17. The average Bonchev–Trinajstić information content (AvgIpc) is 3.20. The van der Waals surface area contributed by atoms with Crippen molar-refractivity contribution in [2.45, 2.75) is 51.9 Å². The number of nitrogens with zero attached hydrogens (tertiary/aromatic N) is 2. The van der Waals surface area contributed by atoms with Crippen LogP contribution in [0.15, 0.2) is 24.3 Å². The Kier molecular flexibility index (Phi) is 5.71. The molecule has 26 heavy (non-hydrogen) atoms. The number of carbonyl (C=O) groups excluding carboxylic acids is 1. The summed E-state index contributed by atoms with van der Waals surface area (Å²) in [5.41, 5.74) is 4.90. The zero-order valence-corrected chi connectivity index (χ0v) is 15.1. The maximum Gasteiger partial charge on any atom is 0.303 e. The molecule has 0 aliphatic heterocycles. The topological polar surface area (TPSA) is 84.2 Å². The summed E-state index contributed by atoms with van der Waals surface area (Å²) in [6.45, 7) is 2.60. The van der Waals surface area contributed by atoms with Gasteiger partial charge in [0.05, 0.1) is 5.69 Å². The Hall–Kier alpha value is -2.63. The number of unbranched alkanes of at least 4 members (excludes halogenated alkanes) is 2. The van der Waals surface area contributed by atoms with Crippen LogP contribution in [0.2, 0.25) is 0 Å². The van der Waals surface area contributed by atoms with Crippen LogP contribution in [0.3, 0.4) is 0 Å². The zero-order chi connectivity index (χ0) is 18.5.